The lowest BCUT2D eigenvalue weighted by molar-refractivity contribution is 0.227. The number of hydrogen-bond donors (Lipinski definition) is 1. The van der Waals surface area contributed by atoms with Gasteiger partial charge in [-0.25, -0.2) is 0 Å². The van der Waals surface area contributed by atoms with Crippen LogP contribution in [0.1, 0.15) is 5.76 Å². The Kier molecular flexibility index (Phi) is 4.36. The Bertz CT molecular complexity index is 709. The molecular weight excluding hydrogens is 304 g/mol. The van der Waals surface area contributed by atoms with Crippen molar-refractivity contribution in [2.24, 2.45) is 0 Å². The number of anilines is 1. The first-order valence-corrected chi connectivity index (χ1v) is 7.53. The lowest BCUT2D eigenvalue weighted by Gasteiger charge is -2.35. The Hall–Kier alpha value is -1.98. The number of halogens is 1. The van der Waals surface area contributed by atoms with Crippen molar-refractivity contribution < 1.29 is 9.52 Å². The van der Waals surface area contributed by atoms with Gasteiger partial charge in [-0.1, -0.05) is 17.7 Å². The van der Waals surface area contributed by atoms with Crippen LogP contribution in [0, 0.1) is 0 Å². The van der Waals surface area contributed by atoms with Crippen LogP contribution in [0.3, 0.4) is 0 Å². The topological polar surface area (TPSA) is 56.9 Å². The van der Waals surface area contributed by atoms with Gasteiger partial charge < -0.3 is 14.4 Å². The van der Waals surface area contributed by atoms with Gasteiger partial charge in [-0.2, -0.15) is 0 Å². The highest BCUT2D eigenvalue weighted by molar-refractivity contribution is 6.30. The zero-order chi connectivity index (χ0) is 15.5. The minimum atomic E-state index is -0.404. The molecule has 3 rings (SSSR count). The molecule has 0 spiro atoms. The zero-order valence-electron chi connectivity index (χ0n) is 12.0. The average Bonchev–Trinajstić information content (AvgIpc) is 2.52. The van der Waals surface area contributed by atoms with Crippen LogP contribution >= 0.6 is 11.6 Å². The van der Waals surface area contributed by atoms with Crippen LogP contribution in [-0.2, 0) is 6.54 Å². The third kappa shape index (κ3) is 3.43. The van der Waals surface area contributed by atoms with Gasteiger partial charge in [0.2, 0.25) is 5.43 Å². The molecule has 0 aliphatic carbocycles. The molecule has 2 aromatic rings. The van der Waals surface area contributed by atoms with E-state index in [1.807, 2.05) is 18.2 Å². The van der Waals surface area contributed by atoms with Crippen molar-refractivity contribution >= 4 is 17.3 Å². The van der Waals surface area contributed by atoms with E-state index in [0.717, 1.165) is 43.2 Å². The molecule has 1 N–H and O–H groups in total. The number of aromatic hydroxyl groups is 1. The lowest BCUT2D eigenvalue weighted by atomic mass is 10.2. The highest BCUT2D eigenvalue weighted by atomic mass is 35.5. The molecule has 0 bridgehead atoms. The third-order valence-corrected chi connectivity index (χ3v) is 4.03. The number of rotatable bonds is 3. The number of nitrogens with zero attached hydrogens (tertiary/aromatic N) is 2. The first-order valence-electron chi connectivity index (χ1n) is 7.15. The Morgan fingerprint density at radius 1 is 1.18 bits per heavy atom. The molecule has 6 heteroatoms. The van der Waals surface area contributed by atoms with Crippen LogP contribution in [0.4, 0.5) is 5.69 Å². The van der Waals surface area contributed by atoms with Gasteiger partial charge in [-0.3, -0.25) is 9.69 Å². The second-order valence-corrected chi connectivity index (χ2v) is 5.78. The molecule has 2 heterocycles. The van der Waals surface area contributed by atoms with Gasteiger partial charge in [-0.15, -0.1) is 0 Å². The van der Waals surface area contributed by atoms with Gasteiger partial charge in [0.1, 0.15) is 12.0 Å². The van der Waals surface area contributed by atoms with E-state index in [2.05, 4.69) is 15.9 Å². The number of benzene rings is 1. The summed E-state index contributed by atoms with van der Waals surface area (Å²) < 4.78 is 5.25. The minimum Gasteiger partial charge on any atom is -0.502 e. The third-order valence-electron chi connectivity index (χ3n) is 3.79. The quantitative estimate of drug-likeness (QED) is 0.940. The standard InChI is InChI=1S/C16H17ClN2O3/c17-12-2-1-3-13(8-12)19-6-4-18(5-7-19)10-14-9-15(20)16(21)11-22-14/h1-3,8-9,11,21H,4-7,10H2. The van der Waals surface area contributed by atoms with E-state index in [-0.39, 0.29) is 5.75 Å². The van der Waals surface area contributed by atoms with E-state index in [0.29, 0.717) is 12.3 Å². The maximum absolute atomic E-state index is 11.4. The first kappa shape index (κ1) is 14.9. The van der Waals surface area contributed by atoms with E-state index < -0.39 is 5.43 Å². The summed E-state index contributed by atoms with van der Waals surface area (Å²) in [5.41, 5.74) is 0.724. The second-order valence-electron chi connectivity index (χ2n) is 5.34. The summed E-state index contributed by atoms with van der Waals surface area (Å²) >= 11 is 6.03. The maximum Gasteiger partial charge on any atom is 0.226 e. The molecule has 0 saturated carbocycles. The van der Waals surface area contributed by atoms with Gasteiger partial charge in [0.25, 0.3) is 0 Å². The molecule has 0 radical (unpaired) electrons. The van der Waals surface area contributed by atoms with Crippen molar-refractivity contribution in [2.45, 2.75) is 6.54 Å². The number of piperazine rings is 1. The molecule has 116 valence electrons. The van der Waals surface area contributed by atoms with Gasteiger partial charge in [0.05, 0.1) is 6.54 Å². The van der Waals surface area contributed by atoms with Crippen molar-refractivity contribution in [3.05, 3.63) is 57.6 Å². The van der Waals surface area contributed by atoms with Crippen molar-refractivity contribution in [1.82, 2.24) is 4.90 Å². The molecular formula is C16H17ClN2O3. The van der Waals surface area contributed by atoms with Crippen LogP contribution in [0.15, 0.2) is 45.8 Å². The molecule has 0 unspecified atom stereocenters. The Labute approximate surface area is 133 Å². The molecule has 1 aromatic heterocycles. The normalized spacial score (nSPS) is 16.0. The second kappa shape index (κ2) is 6.42. The lowest BCUT2D eigenvalue weighted by Crippen LogP contribution is -2.46. The van der Waals surface area contributed by atoms with E-state index in [1.54, 1.807) is 0 Å². The molecule has 1 aliphatic rings. The largest absolute Gasteiger partial charge is 0.502 e. The van der Waals surface area contributed by atoms with Gasteiger partial charge >= 0.3 is 0 Å². The molecule has 1 fully saturated rings. The first-order chi connectivity index (χ1) is 10.6. The van der Waals surface area contributed by atoms with Crippen LogP contribution in [0.5, 0.6) is 5.75 Å². The van der Waals surface area contributed by atoms with E-state index >= 15 is 0 Å². The summed E-state index contributed by atoms with van der Waals surface area (Å²) in [6.07, 6.45) is 1.10. The fraction of sp³-hybridized carbons (Fsp3) is 0.312. The Morgan fingerprint density at radius 2 is 1.95 bits per heavy atom. The van der Waals surface area contributed by atoms with Crippen molar-refractivity contribution in [3.8, 4) is 5.75 Å². The van der Waals surface area contributed by atoms with Crippen LogP contribution in [0.25, 0.3) is 0 Å². The van der Waals surface area contributed by atoms with Gasteiger partial charge in [0.15, 0.2) is 5.75 Å². The van der Waals surface area contributed by atoms with Crippen molar-refractivity contribution in [2.75, 3.05) is 31.1 Å². The van der Waals surface area contributed by atoms with Crippen molar-refractivity contribution in [3.63, 3.8) is 0 Å². The van der Waals surface area contributed by atoms with Gasteiger partial charge in [-0.05, 0) is 18.2 Å². The van der Waals surface area contributed by atoms with Crippen LogP contribution in [-0.4, -0.2) is 36.2 Å². The van der Waals surface area contributed by atoms with Crippen molar-refractivity contribution in [1.29, 1.82) is 0 Å². The smallest absolute Gasteiger partial charge is 0.226 e. The maximum atomic E-state index is 11.4. The summed E-state index contributed by atoms with van der Waals surface area (Å²) in [6.45, 7) is 4.10. The Balaban J connectivity index is 1.59. The SMILES string of the molecule is O=c1cc(CN2CCN(c3cccc(Cl)c3)CC2)occ1O. The number of hydrogen-bond acceptors (Lipinski definition) is 5. The molecule has 1 aromatic carbocycles. The Morgan fingerprint density at radius 3 is 2.64 bits per heavy atom. The molecule has 0 atom stereocenters. The summed E-state index contributed by atoms with van der Waals surface area (Å²) in [7, 11) is 0. The monoisotopic (exact) mass is 320 g/mol. The molecule has 1 aliphatic heterocycles. The van der Waals surface area contributed by atoms with Crippen LogP contribution in [0.2, 0.25) is 5.02 Å². The molecule has 1 saturated heterocycles. The molecule has 5 nitrogen and oxygen atoms in total. The predicted octanol–water partition coefficient (Wildman–Crippen LogP) is 2.32. The fourth-order valence-corrected chi connectivity index (χ4v) is 2.77. The summed E-state index contributed by atoms with van der Waals surface area (Å²) in [5, 5.41) is 9.94. The highest BCUT2D eigenvalue weighted by Crippen LogP contribution is 2.21. The average molecular weight is 321 g/mol. The van der Waals surface area contributed by atoms with E-state index in [1.165, 1.54) is 6.07 Å². The van der Waals surface area contributed by atoms with E-state index in [4.69, 9.17) is 16.0 Å². The van der Waals surface area contributed by atoms with Crippen LogP contribution < -0.4 is 10.3 Å². The molecule has 22 heavy (non-hydrogen) atoms. The summed E-state index contributed by atoms with van der Waals surface area (Å²) in [4.78, 5) is 15.9. The zero-order valence-corrected chi connectivity index (χ0v) is 12.8. The fourth-order valence-electron chi connectivity index (χ4n) is 2.58. The molecule has 0 amide bonds. The summed E-state index contributed by atoms with van der Waals surface area (Å²) in [6, 6.07) is 9.19. The predicted molar refractivity (Wildman–Crippen MR) is 85.6 cm³/mol. The minimum absolute atomic E-state index is 0.352. The highest BCUT2D eigenvalue weighted by Gasteiger charge is 2.18. The van der Waals surface area contributed by atoms with Gasteiger partial charge in [0, 0.05) is 43.0 Å². The van der Waals surface area contributed by atoms with E-state index in [9.17, 15) is 9.90 Å². The summed E-state index contributed by atoms with van der Waals surface area (Å²) in [5.74, 6) is 0.216.